The minimum absolute atomic E-state index is 0.250. The van der Waals surface area contributed by atoms with E-state index in [-0.39, 0.29) is 12.5 Å². The third kappa shape index (κ3) is 9.02. The van der Waals surface area contributed by atoms with Crippen LogP contribution in [0.25, 0.3) is 0 Å². The molecule has 1 atom stereocenters. The summed E-state index contributed by atoms with van der Waals surface area (Å²) in [6.07, 6.45) is 7.14. The molecule has 0 bridgehead atoms. The van der Waals surface area contributed by atoms with Gasteiger partial charge in [0, 0.05) is 68.6 Å². The van der Waals surface area contributed by atoms with Crippen molar-refractivity contribution in [3.63, 3.8) is 0 Å². The van der Waals surface area contributed by atoms with Crippen molar-refractivity contribution < 1.29 is 19.4 Å². The summed E-state index contributed by atoms with van der Waals surface area (Å²) < 4.78 is 11.4. The summed E-state index contributed by atoms with van der Waals surface area (Å²) in [6.45, 7) is 9.00. The van der Waals surface area contributed by atoms with E-state index in [1.54, 1.807) is 7.11 Å². The first kappa shape index (κ1) is 30.5. The molecule has 9 nitrogen and oxygen atoms in total. The van der Waals surface area contributed by atoms with Gasteiger partial charge in [-0.2, -0.15) is 0 Å². The Morgan fingerprint density at radius 3 is 2.79 bits per heavy atom. The maximum absolute atomic E-state index is 8.36. The molecule has 4 N–H and O–H groups in total. The molecule has 1 aromatic carbocycles. The van der Waals surface area contributed by atoms with Crippen LogP contribution in [0, 0.1) is 5.41 Å². The van der Waals surface area contributed by atoms with Gasteiger partial charge in [-0.15, -0.1) is 0 Å². The highest BCUT2D eigenvalue weighted by Crippen LogP contribution is 2.33. The Morgan fingerprint density at radius 2 is 2.05 bits per heavy atom. The number of rotatable bonds is 14. The number of methoxy groups -OCH3 is 1. The lowest BCUT2D eigenvalue weighted by Gasteiger charge is -2.43. The van der Waals surface area contributed by atoms with E-state index in [0.717, 1.165) is 75.5 Å². The van der Waals surface area contributed by atoms with Crippen LogP contribution in [-0.2, 0) is 27.1 Å². The van der Waals surface area contributed by atoms with Crippen molar-refractivity contribution in [1.82, 2.24) is 9.88 Å². The number of anilines is 2. The van der Waals surface area contributed by atoms with E-state index in [1.165, 1.54) is 29.7 Å². The SMILES string of the molecule is COCCNc1c(C(C)=N)cccc1C(C)N1CC(OCCCCCc2ccc3c(n2)NCCC3)C1.O=CO. The fourth-order valence-electron chi connectivity index (χ4n) is 5.14. The average molecular weight is 540 g/mol. The van der Waals surface area contributed by atoms with E-state index >= 15 is 0 Å². The Morgan fingerprint density at radius 1 is 1.26 bits per heavy atom. The number of nitrogens with one attached hydrogen (secondary N) is 3. The lowest BCUT2D eigenvalue weighted by Crippen LogP contribution is -2.53. The summed E-state index contributed by atoms with van der Waals surface area (Å²) in [4.78, 5) is 15.6. The summed E-state index contributed by atoms with van der Waals surface area (Å²) in [5.41, 5.74) is 6.39. The number of pyridine rings is 1. The van der Waals surface area contributed by atoms with Crippen molar-refractivity contribution in [3.8, 4) is 0 Å². The predicted molar refractivity (Wildman–Crippen MR) is 156 cm³/mol. The molecule has 3 heterocycles. The van der Waals surface area contributed by atoms with E-state index in [0.29, 0.717) is 18.4 Å². The predicted octanol–water partition coefficient (Wildman–Crippen LogP) is 4.76. The fraction of sp³-hybridized carbons (Fsp3) is 0.567. The van der Waals surface area contributed by atoms with E-state index in [1.807, 2.05) is 13.0 Å². The molecule has 0 saturated carbocycles. The topological polar surface area (TPSA) is 120 Å². The van der Waals surface area contributed by atoms with Crippen LogP contribution >= 0.6 is 0 Å². The van der Waals surface area contributed by atoms with Gasteiger partial charge in [0.1, 0.15) is 5.82 Å². The first-order valence-electron chi connectivity index (χ1n) is 14.1. The molecule has 2 aliphatic heterocycles. The molecule has 1 saturated heterocycles. The van der Waals surface area contributed by atoms with E-state index < -0.39 is 0 Å². The number of fused-ring (bicyclic) bond motifs is 1. The molecule has 0 aliphatic carbocycles. The lowest BCUT2D eigenvalue weighted by atomic mass is 9.96. The Hall–Kier alpha value is -3.01. The molecule has 0 amide bonds. The molecule has 2 aliphatic rings. The third-order valence-corrected chi connectivity index (χ3v) is 7.37. The molecule has 4 rings (SSSR count). The van der Waals surface area contributed by atoms with Crippen molar-refractivity contribution in [3.05, 3.63) is 52.7 Å². The van der Waals surface area contributed by atoms with Crippen LogP contribution in [-0.4, -0.2) is 79.8 Å². The number of likely N-dealkylation sites (tertiary alicyclic amines) is 1. The van der Waals surface area contributed by atoms with Gasteiger partial charge in [0.05, 0.1) is 12.7 Å². The van der Waals surface area contributed by atoms with Crippen LogP contribution in [0.4, 0.5) is 11.5 Å². The molecular weight excluding hydrogens is 494 g/mol. The smallest absolute Gasteiger partial charge is 0.290 e. The number of hydrogen-bond donors (Lipinski definition) is 4. The normalized spacial score (nSPS) is 15.7. The quantitative estimate of drug-likeness (QED) is 0.154. The second-order valence-electron chi connectivity index (χ2n) is 10.2. The summed E-state index contributed by atoms with van der Waals surface area (Å²) >= 11 is 0. The number of hydrogen-bond acceptors (Lipinski definition) is 8. The molecule has 9 heteroatoms. The minimum atomic E-state index is -0.250. The zero-order valence-corrected chi connectivity index (χ0v) is 23.7. The Balaban J connectivity index is 0.00000134. The van der Waals surface area contributed by atoms with Gasteiger partial charge in [-0.05, 0) is 63.1 Å². The van der Waals surface area contributed by atoms with Gasteiger partial charge < -0.3 is 30.6 Å². The van der Waals surface area contributed by atoms with Crippen LogP contribution in [0.2, 0.25) is 0 Å². The fourth-order valence-corrected chi connectivity index (χ4v) is 5.14. The lowest BCUT2D eigenvalue weighted by molar-refractivity contribution is -0.122. The number of carbonyl (C=O) groups is 1. The molecule has 0 radical (unpaired) electrons. The number of carboxylic acid groups (broad SMARTS) is 1. The summed E-state index contributed by atoms with van der Waals surface area (Å²) in [7, 11) is 1.71. The van der Waals surface area contributed by atoms with Crippen LogP contribution in [0.15, 0.2) is 30.3 Å². The summed E-state index contributed by atoms with van der Waals surface area (Å²) in [6, 6.07) is 11.0. The molecule has 39 heavy (non-hydrogen) atoms. The van der Waals surface area contributed by atoms with Gasteiger partial charge in [0.15, 0.2) is 0 Å². The standard InChI is InChI=1S/C29H43N5O2.CH2O2/c1-21(30)26-11-7-12-27(28(26)31-16-18-35-3)22(2)34-19-25(20-34)36-17-6-4-5-10-24-14-13-23-9-8-15-32-29(23)33-24;2-1-3/h7,11-14,22,25,30-31H,4-6,8-10,15-20H2,1-3H3,(H,32,33);1H,(H,2,3). The van der Waals surface area contributed by atoms with Crippen LogP contribution in [0.3, 0.4) is 0 Å². The molecule has 0 spiro atoms. The Bertz CT molecular complexity index is 1060. The highest BCUT2D eigenvalue weighted by atomic mass is 16.5. The van der Waals surface area contributed by atoms with Gasteiger partial charge in [-0.25, -0.2) is 4.98 Å². The van der Waals surface area contributed by atoms with E-state index in [4.69, 9.17) is 29.8 Å². The van der Waals surface area contributed by atoms with Crippen LogP contribution in [0.1, 0.15) is 68.0 Å². The third-order valence-electron chi connectivity index (χ3n) is 7.37. The number of ether oxygens (including phenoxy) is 2. The van der Waals surface area contributed by atoms with Crippen LogP contribution < -0.4 is 10.6 Å². The number of aromatic nitrogens is 1. The first-order valence-corrected chi connectivity index (χ1v) is 14.1. The number of nitrogens with zero attached hydrogens (tertiary/aromatic N) is 2. The Labute approximate surface area is 232 Å². The number of unbranched alkanes of at least 4 members (excludes halogenated alkanes) is 2. The molecule has 1 fully saturated rings. The zero-order valence-electron chi connectivity index (χ0n) is 23.7. The number of aryl methyl sites for hydroxylation is 2. The highest BCUT2D eigenvalue weighted by molar-refractivity contribution is 6.02. The van der Waals surface area contributed by atoms with Gasteiger partial charge in [-0.3, -0.25) is 9.69 Å². The van der Waals surface area contributed by atoms with E-state index in [2.05, 4.69) is 46.7 Å². The van der Waals surface area contributed by atoms with Gasteiger partial charge in [0.2, 0.25) is 0 Å². The minimum Gasteiger partial charge on any atom is -0.483 e. The maximum Gasteiger partial charge on any atom is 0.290 e. The van der Waals surface area contributed by atoms with Gasteiger partial charge >= 0.3 is 0 Å². The monoisotopic (exact) mass is 539 g/mol. The van der Waals surface area contributed by atoms with Crippen molar-refractivity contribution in [2.45, 2.75) is 64.5 Å². The average Bonchev–Trinajstić information content (AvgIpc) is 2.91. The molecule has 1 unspecified atom stereocenters. The van der Waals surface area contributed by atoms with Crippen molar-refractivity contribution in [2.75, 3.05) is 57.1 Å². The molecule has 1 aromatic heterocycles. The second kappa shape index (κ2) is 16.2. The van der Waals surface area contributed by atoms with Crippen LogP contribution in [0.5, 0.6) is 0 Å². The van der Waals surface area contributed by atoms with Crippen molar-refractivity contribution >= 4 is 23.7 Å². The highest BCUT2D eigenvalue weighted by Gasteiger charge is 2.32. The molecule has 2 aromatic rings. The number of benzene rings is 1. The summed E-state index contributed by atoms with van der Waals surface area (Å²) in [5, 5.41) is 22.0. The van der Waals surface area contributed by atoms with Gasteiger partial charge in [-0.1, -0.05) is 30.7 Å². The van der Waals surface area contributed by atoms with E-state index in [9.17, 15) is 0 Å². The largest absolute Gasteiger partial charge is 0.483 e. The number of para-hydroxylation sites is 1. The van der Waals surface area contributed by atoms with Crippen molar-refractivity contribution in [1.29, 1.82) is 5.41 Å². The zero-order chi connectivity index (χ0) is 28.0. The Kier molecular flexibility index (Phi) is 12.7. The second-order valence-corrected chi connectivity index (χ2v) is 10.2. The summed E-state index contributed by atoms with van der Waals surface area (Å²) in [5.74, 6) is 1.10. The molecular formula is C30H45N5O4. The molecule has 214 valence electrons. The first-order chi connectivity index (χ1) is 19.0. The van der Waals surface area contributed by atoms with Gasteiger partial charge in [0.25, 0.3) is 6.47 Å². The van der Waals surface area contributed by atoms with Crippen molar-refractivity contribution in [2.24, 2.45) is 0 Å². The maximum atomic E-state index is 8.36.